The molecule has 0 N–H and O–H groups in total. The molecule has 156 valence electrons. The van der Waals surface area contributed by atoms with Gasteiger partial charge in [-0.25, -0.2) is 4.98 Å². The lowest BCUT2D eigenvalue weighted by Gasteiger charge is -2.34. The van der Waals surface area contributed by atoms with Gasteiger partial charge in [0.05, 0.1) is 11.4 Å². The Morgan fingerprint density at radius 2 is 1.45 bits per heavy atom. The van der Waals surface area contributed by atoms with Crippen molar-refractivity contribution < 1.29 is 4.79 Å². The number of piperazine rings is 1. The summed E-state index contributed by atoms with van der Waals surface area (Å²) in [7, 11) is 0. The van der Waals surface area contributed by atoms with E-state index in [-0.39, 0.29) is 5.91 Å². The zero-order valence-electron chi connectivity index (χ0n) is 17.7. The number of carbonyl (C=O) groups is 1. The maximum absolute atomic E-state index is 11.7. The number of nitrogens with zero attached hydrogens (tertiary/aromatic N) is 4. The molecule has 0 aliphatic carbocycles. The largest absolute Gasteiger partial charge is 0.340 e. The molecule has 5 rings (SSSR count). The minimum Gasteiger partial charge on any atom is -0.340 e. The molecule has 1 amide bonds. The van der Waals surface area contributed by atoms with Crippen LogP contribution in [0.3, 0.4) is 0 Å². The molecular formula is C26H26N4O. The Kier molecular flexibility index (Phi) is 5.26. The zero-order valence-corrected chi connectivity index (χ0v) is 17.7. The van der Waals surface area contributed by atoms with Crippen molar-refractivity contribution in [3.8, 4) is 22.4 Å². The molecule has 2 aromatic carbocycles. The van der Waals surface area contributed by atoms with Crippen molar-refractivity contribution in [1.82, 2.24) is 19.2 Å². The molecule has 1 aliphatic rings. The summed E-state index contributed by atoms with van der Waals surface area (Å²) in [6.45, 7) is 5.76. The summed E-state index contributed by atoms with van der Waals surface area (Å²) in [5.41, 5.74) is 6.67. The van der Waals surface area contributed by atoms with Gasteiger partial charge < -0.3 is 9.30 Å². The molecule has 0 atom stereocenters. The second kappa shape index (κ2) is 8.36. The average Bonchev–Trinajstić information content (AvgIpc) is 3.18. The fraction of sp³-hybridized carbons (Fsp3) is 0.231. The molecule has 0 spiro atoms. The van der Waals surface area contributed by atoms with E-state index in [1.54, 1.807) is 6.92 Å². The number of fused-ring (bicyclic) bond motifs is 1. The van der Waals surface area contributed by atoms with E-state index in [1.807, 2.05) is 17.0 Å². The Labute approximate surface area is 182 Å². The van der Waals surface area contributed by atoms with E-state index in [1.165, 1.54) is 16.8 Å². The van der Waals surface area contributed by atoms with Crippen LogP contribution in [0.5, 0.6) is 0 Å². The van der Waals surface area contributed by atoms with Gasteiger partial charge in [0, 0.05) is 51.4 Å². The first-order valence-electron chi connectivity index (χ1n) is 10.8. The minimum atomic E-state index is 0.159. The number of aromatic nitrogens is 2. The standard InChI is InChI=1S/C26H26N4O/c1-20(31)29-16-14-28(15-17-29)19-24-26(22-10-6-3-7-11-22)27-25-13-12-23(18-30(24)25)21-8-4-2-5-9-21/h2-13,18H,14-17,19H2,1H3. The number of hydrogen-bond acceptors (Lipinski definition) is 3. The number of imidazole rings is 1. The molecule has 2 aromatic heterocycles. The van der Waals surface area contributed by atoms with Crippen LogP contribution in [0.25, 0.3) is 28.0 Å². The molecule has 0 saturated carbocycles. The van der Waals surface area contributed by atoms with Gasteiger partial charge in [-0.15, -0.1) is 0 Å². The molecule has 5 heteroatoms. The molecule has 1 saturated heterocycles. The third kappa shape index (κ3) is 3.97. The van der Waals surface area contributed by atoms with E-state index in [0.717, 1.165) is 49.6 Å². The summed E-state index contributed by atoms with van der Waals surface area (Å²) in [6.07, 6.45) is 2.20. The zero-order chi connectivity index (χ0) is 21.2. The number of amides is 1. The van der Waals surface area contributed by atoms with Gasteiger partial charge in [-0.2, -0.15) is 0 Å². The van der Waals surface area contributed by atoms with Crippen molar-refractivity contribution >= 4 is 11.6 Å². The molecule has 0 bridgehead atoms. The maximum Gasteiger partial charge on any atom is 0.219 e. The lowest BCUT2D eigenvalue weighted by atomic mass is 10.1. The van der Waals surface area contributed by atoms with E-state index in [0.29, 0.717) is 0 Å². The van der Waals surface area contributed by atoms with Crippen molar-refractivity contribution in [3.63, 3.8) is 0 Å². The van der Waals surface area contributed by atoms with Crippen molar-refractivity contribution in [2.75, 3.05) is 26.2 Å². The minimum absolute atomic E-state index is 0.159. The van der Waals surface area contributed by atoms with Crippen LogP contribution in [0.4, 0.5) is 0 Å². The predicted molar refractivity (Wildman–Crippen MR) is 124 cm³/mol. The molecule has 0 unspecified atom stereocenters. The summed E-state index contributed by atoms with van der Waals surface area (Å²) >= 11 is 0. The normalized spacial score (nSPS) is 14.8. The molecule has 3 heterocycles. The van der Waals surface area contributed by atoms with Gasteiger partial charge in [-0.3, -0.25) is 9.69 Å². The SMILES string of the molecule is CC(=O)N1CCN(Cc2c(-c3ccccc3)nc3ccc(-c4ccccc4)cn23)CC1. The highest BCUT2D eigenvalue weighted by Gasteiger charge is 2.22. The van der Waals surface area contributed by atoms with Crippen LogP contribution in [0.1, 0.15) is 12.6 Å². The fourth-order valence-corrected chi connectivity index (χ4v) is 4.31. The molecule has 4 aromatic rings. The highest BCUT2D eigenvalue weighted by atomic mass is 16.2. The smallest absolute Gasteiger partial charge is 0.219 e. The first kappa shape index (κ1) is 19.5. The molecule has 1 fully saturated rings. The number of hydrogen-bond donors (Lipinski definition) is 0. The third-order valence-corrected chi connectivity index (χ3v) is 6.06. The third-order valence-electron chi connectivity index (χ3n) is 6.06. The van der Waals surface area contributed by atoms with Gasteiger partial charge in [0.2, 0.25) is 5.91 Å². The van der Waals surface area contributed by atoms with Gasteiger partial charge in [-0.1, -0.05) is 60.7 Å². The predicted octanol–water partition coefficient (Wildman–Crippen LogP) is 4.33. The number of carbonyl (C=O) groups excluding carboxylic acids is 1. The number of benzene rings is 2. The van der Waals surface area contributed by atoms with E-state index < -0.39 is 0 Å². The van der Waals surface area contributed by atoms with E-state index >= 15 is 0 Å². The Hall–Kier alpha value is -3.44. The van der Waals surface area contributed by atoms with Gasteiger partial charge in [-0.05, 0) is 23.3 Å². The topological polar surface area (TPSA) is 40.9 Å². The molecule has 1 aliphatic heterocycles. The van der Waals surface area contributed by atoms with Crippen LogP contribution in [0, 0.1) is 0 Å². The fourth-order valence-electron chi connectivity index (χ4n) is 4.31. The number of pyridine rings is 1. The van der Waals surface area contributed by atoms with Gasteiger partial charge >= 0.3 is 0 Å². The van der Waals surface area contributed by atoms with Gasteiger partial charge in [0.1, 0.15) is 5.65 Å². The van der Waals surface area contributed by atoms with Crippen molar-refractivity contribution in [2.24, 2.45) is 0 Å². The first-order valence-corrected chi connectivity index (χ1v) is 10.8. The molecule has 5 nitrogen and oxygen atoms in total. The molecule has 31 heavy (non-hydrogen) atoms. The van der Waals surface area contributed by atoms with E-state index in [9.17, 15) is 4.79 Å². The first-order chi connectivity index (χ1) is 15.2. The molecular weight excluding hydrogens is 384 g/mol. The summed E-state index contributed by atoms with van der Waals surface area (Å²) < 4.78 is 2.24. The summed E-state index contributed by atoms with van der Waals surface area (Å²) in [5, 5.41) is 0. The Bertz CT molecular complexity index is 1190. The van der Waals surface area contributed by atoms with Gasteiger partial charge in [0.15, 0.2) is 0 Å². The van der Waals surface area contributed by atoms with Crippen LogP contribution in [-0.2, 0) is 11.3 Å². The highest BCUT2D eigenvalue weighted by Crippen LogP contribution is 2.28. The Morgan fingerprint density at radius 1 is 0.806 bits per heavy atom. The quantitative estimate of drug-likeness (QED) is 0.503. The maximum atomic E-state index is 11.7. The van der Waals surface area contributed by atoms with E-state index in [4.69, 9.17) is 4.98 Å². The van der Waals surface area contributed by atoms with Crippen molar-refractivity contribution in [2.45, 2.75) is 13.5 Å². The Morgan fingerprint density at radius 3 is 2.10 bits per heavy atom. The van der Waals surface area contributed by atoms with Crippen LogP contribution in [-0.4, -0.2) is 51.3 Å². The van der Waals surface area contributed by atoms with Crippen LogP contribution >= 0.6 is 0 Å². The second-order valence-corrected chi connectivity index (χ2v) is 8.07. The lowest BCUT2D eigenvalue weighted by molar-refractivity contribution is -0.130. The average molecular weight is 411 g/mol. The lowest BCUT2D eigenvalue weighted by Crippen LogP contribution is -2.47. The summed E-state index contributed by atoms with van der Waals surface area (Å²) in [5.74, 6) is 0.159. The highest BCUT2D eigenvalue weighted by molar-refractivity contribution is 5.73. The van der Waals surface area contributed by atoms with Crippen LogP contribution < -0.4 is 0 Å². The van der Waals surface area contributed by atoms with Crippen molar-refractivity contribution in [3.05, 3.63) is 84.7 Å². The molecule has 0 radical (unpaired) electrons. The second-order valence-electron chi connectivity index (χ2n) is 8.07. The summed E-state index contributed by atoms with van der Waals surface area (Å²) in [4.78, 5) is 21.0. The number of rotatable bonds is 4. The van der Waals surface area contributed by atoms with Gasteiger partial charge in [0.25, 0.3) is 0 Å². The van der Waals surface area contributed by atoms with Crippen LogP contribution in [0.15, 0.2) is 79.0 Å². The van der Waals surface area contributed by atoms with Crippen LogP contribution in [0.2, 0.25) is 0 Å². The Balaban J connectivity index is 1.55. The van der Waals surface area contributed by atoms with Crippen molar-refractivity contribution in [1.29, 1.82) is 0 Å². The summed E-state index contributed by atoms with van der Waals surface area (Å²) in [6, 6.07) is 25.1. The monoisotopic (exact) mass is 410 g/mol. The van der Waals surface area contributed by atoms with E-state index in [2.05, 4.69) is 76.2 Å².